The Bertz CT molecular complexity index is 5800. The van der Waals surface area contributed by atoms with E-state index in [1.165, 1.54) is 87.8 Å². The standard InChI is InChI=1S/C84H53N3O/c1-4-18-54(19-5-1)57-24-14-27-65(46-57)85-77-34-13-11-31-70(77)72-52-64(39-44-78(72)85)68-32-17-35-83-84(68)75-51-62(40-45-82(75)88-83)60-37-42-79-73(49-60)74-50-61(38-43-80(74)86(79)66-28-15-25-58(47-66)55-20-6-2-7-21-55)63-36-41-71-69-30-10-12-33-76(69)87(81(71)53-63)67-29-16-26-59(48-67)56-22-8-3-9-23-56/h1-53H. The maximum Gasteiger partial charge on any atom is 0.136 e. The fraction of sp³-hybridized carbons (Fsp3) is 0. The molecule has 0 aliphatic carbocycles. The third-order valence-electron chi connectivity index (χ3n) is 18.2. The number of hydrogen-bond acceptors (Lipinski definition) is 1. The molecule has 4 heteroatoms. The molecule has 0 atom stereocenters. The summed E-state index contributed by atoms with van der Waals surface area (Å²) in [6.45, 7) is 0. The average molecular weight is 1120 g/mol. The van der Waals surface area contributed by atoms with Crippen molar-refractivity contribution in [2.75, 3.05) is 0 Å². The van der Waals surface area contributed by atoms with Gasteiger partial charge in [0.25, 0.3) is 0 Å². The van der Waals surface area contributed by atoms with Crippen LogP contribution in [-0.2, 0) is 0 Å². The minimum absolute atomic E-state index is 0.864. The van der Waals surface area contributed by atoms with Crippen LogP contribution in [0.4, 0.5) is 0 Å². The molecule has 0 amide bonds. The van der Waals surface area contributed by atoms with Crippen molar-refractivity contribution in [1.82, 2.24) is 13.7 Å². The highest BCUT2D eigenvalue weighted by Crippen LogP contribution is 2.44. The quantitative estimate of drug-likeness (QED) is 0.142. The van der Waals surface area contributed by atoms with Crippen LogP contribution in [0.15, 0.2) is 326 Å². The highest BCUT2D eigenvalue weighted by atomic mass is 16.3. The molecule has 0 spiro atoms. The van der Waals surface area contributed by atoms with Crippen LogP contribution >= 0.6 is 0 Å². The lowest BCUT2D eigenvalue weighted by molar-refractivity contribution is 0.669. The number of nitrogens with zero attached hydrogens (tertiary/aromatic N) is 3. The Morgan fingerprint density at radius 1 is 0.182 bits per heavy atom. The molecule has 0 saturated carbocycles. The number of para-hydroxylation sites is 2. The van der Waals surface area contributed by atoms with Gasteiger partial charge in [-0.05, 0) is 176 Å². The third kappa shape index (κ3) is 8.00. The van der Waals surface area contributed by atoms with E-state index in [4.69, 9.17) is 4.42 Å². The van der Waals surface area contributed by atoms with Gasteiger partial charge in [0.1, 0.15) is 11.2 Å². The van der Waals surface area contributed by atoms with Gasteiger partial charge in [0.15, 0.2) is 0 Å². The summed E-state index contributed by atoms with van der Waals surface area (Å²) < 4.78 is 14.0. The molecular formula is C84H53N3O. The lowest BCUT2D eigenvalue weighted by atomic mass is 9.96. The van der Waals surface area contributed by atoms with Gasteiger partial charge in [0.05, 0.1) is 33.1 Å². The Morgan fingerprint density at radius 2 is 0.534 bits per heavy atom. The van der Waals surface area contributed by atoms with Crippen LogP contribution in [0.1, 0.15) is 0 Å². The fourth-order valence-corrected chi connectivity index (χ4v) is 14.1. The van der Waals surface area contributed by atoms with E-state index in [0.29, 0.717) is 0 Å². The predicted octanol–water partition coefficient (Wildman–Crippen LogP) is 22.9. The van der Waals surface area contributed by atoms with Crippen LogP contribution < -0.4 is 0 Å². The van der Waals surface area contributed by atoms with Gasteiger partial charge in [0, 0.05) is 60.2 Å². The predicted molar refractivity (Wildman–Crippen MR) is 369 cm³/mol. The lowest BCUT2D eigenvalue weighted by Crippen LogP contribution is -1.95. The van der Waals surface area contributed by atoms with E-state index in [-0.39, 0.29) is 0 Å². The molecule has 18 rings (SSSR count). The summed E-state index contributed by atoms with van der Waals surface area (Å²) in [5, 5.41) is 9.46. The normalized spacial score (nSPS) is 11.9. The van der Waals surface area contributed by atoms with E-state index < -0.39 is 0 Å². The van der Waals surface area contributed by atoms with Gasteiger partial charge in [-0.1, -0.05) is 212 Å². The van der Waals surface area contributed by atoms with E-state index in [9.17, 15) is 0 Å². The monoisotopic (exact) mass is 1120 g/mol. The smallest absolute Gasteiger partial charge is 0.136 e. The Labute approximate surface area is 507 Å². The number of aromatic nitrogens is 3. The van der Waals surface area contributed by atoms with Crippen molar-refractivity contribution < 1.29 is 4.42 Å². The summed E-state index contributed by atoms with van der Waals surface area (Å²) in [5.41, 5.74) is 26.1. The first-order chi connectivity index (χ1) is 43.6. The molecule has 0 saturated heterocycles. The van der Waals surface area contributed by atoms with Gasteiger partial charge in [-0.15, -0.1) is 0 Å². The topological polar surface area (TPSA) is 27.9 Å². The largest absolute Gasteiger partial charge is 0.456 e. The Morgan fingerprint density at radius 3 is 1.07 bits per heavy atom. The van der Waals surface area contributed by atoms with Gasteiger partial charge < -0.3 is 18.1 Å². The summed E-state index contributed by atoms with van der Waals surface area (Å²) in [7, 11) is 0. The first kappa shape index (κ1) is 49.7. The molecule has 14 aromatic carbocycles. The summed E-state index contributed by atoms with van der Waals surface area (Å²) in [6, 6.07) is 118. The number of rotatable bonds is 9. The molecule has 0 unspecified atom stereocenters. The second kappa shape index (κ2) is 20.0. The second-order valence-electron chi connectivity index (χ2n) is 23.2. The van der Waals surface area contributed by atoms with Gasteiger partial charge in [-0.25, -0.2) is 0 Å². The molecule has 88 heavy (non-hydrogen) atoms. The van der Waals surface area contributed by atoms with Gasteiger partial charge in [-0.3, -0.25) is 0 Å². The van der Waals surface area contributed by atoms with Gasteiger partial charge in [0.2, 0.25) is 0 Å². The van der Waals surface area contributed by atoms with Crippen LogP contribution in [-0.4, -0.2) is 13.7 Å². The number of hydrogen-bond donors (Lipinski definition) is 0. The number of furan rings is 1. The van der Waals surface area contributed by atoms with Crippen molar-refractivity contribution >= 4 is 87.4 Å². The van der Waals surface area contributed by atoms with Crippen LogP contribution in [0.5, 0.6) is 0 Å². The van der Waals surface area contributed by atoms with Crippen molar-refractivity contribution in [2.24, 2.45) is 0 Å². The molecule has 4 aromatic heterocycles. The molecular weight excluding hydrogens is 1070 g/mol. The summed E-state index contributed by atoms with van der Waals surface area (Å²) in [4.78, 5) is 0. The van der Waals surface area contributed by atoms with Crippen molar-refractivity contribution in [1.29, 1.82) is 0 Å². The summed E-state index contributed by atoms with van der Waals surface area (Å²) in [6.07, 6.45) is 0. The second-order valence-corrected chi connectivity index (χ2v) is 23.2. The highest BCUT2D eigenvalue weighted by Gasteiger charge is 2.21. The lowest BCUT2D eigenvalue weighted by Gasteiger charge is -2.12. The van der Waals surface area contributed by atoms with Gasteiger partial charge in [-0.2, -0.15) is 0 Å². The molecule has 0 fully saturated rings. The highest BCUT2D eigenvalue weighted by molar-refractivity contribution is 6.17. The molecule has 0 aliphatic rings. The minimum Gasteiger partial charge on any atom is -0.456 e. The SMILES string of the molecule is c1ccc(-c2cccc(-n3c4ccc(-c5ccc6oc7cccc(-c8ccc9c(c8)c8ccccc8n9-c8cccc(-c9ccccc9)c8)c7c6c5)cc4c4cc(-c5ccc6c7ccccc7n(-c7cccc(-c8ccccc8)c7)c6c5)ccc43)c2)cc1. The van der Waals surface area contributed by atoms with E-state index in [1.54, 1.807) is 0 Å². The van der Waals surface area contributed by atoms with Crippen molar-refractivity contribution in [3.05, 3.63) is 322 Å². The first-order valence-corrected chi connectivity index (χ1v) is 30.2. The number of benzene rings is 14. The van der Waals surface area contributed by atoms with Crippen LogP contribution in [0.2, 0.25) is 0 Å². The molecule has 0 bridgehead atoms. The zero-order valence-electron chi connectivity index (χ0n) is 47.8. The molecule has 4 nitrogen and oxygen atoms in total. The van der Waals surface area contributed by atoms with Crippen LogP contribution in [0, 0.1) is 0 Å². The fourth-order valence-electron chi connectivity index (χ4n) is 14.1. The van der Waals surface area contributed by atoms with Crippen LogP contribution in [0.3, 0.4) is 0 Å². The maximum atomic E-state index is 6.74. The summed E-state index contributed by atoms with van der Waals surface area (Å²) in [5.74, 6) is 0. The molecule has 0 N–H and O–H groups in total. The summed E-state index contributed by atoms with van der Waals surface area (Å²) >= 11 is 0. The average Bonchev–Trinajstić information content (AvgIpc) is 2.31. The zero-order chi connectivity index (χ0) is 57.8. The van der Waals surface area contributed by atoms with E-state index in [2.05, 4.69) is 335 Å². The Kier molecular flexibility index (Phi) is 11.3. The van der Waals surface area contributed by atoms with E-state index >= 15 is 0 Å². The minimum atomic E-state index is 0.864. The van der Waals surface area contributed by atoms with Crippen LogP contribution in [0.25, 0.3) is 171 Å². The zero-order valence-corrected chi connectivity index (χ0v) is 47.8. The van der Waals surface area contributed by atoms with E-state index in [1.807, 2.05) is 0 Å². The molecule has 4 heterocycles. The first-order valence-electron chi connectivity index (χ1n) is 30.2. The van der Waals surface area contributed by atoms with Crippen molar-refractivity contribution in [3.63, 3.8) is 0 Å². The Hall–Kier alpha value is -11.7. The number of fused-ring (bicyclic) bond motifs is 12. The Balaban J connectivity index is 0.784. The molecule has 0 radical (unpaired) electrons. The maximum absolute atomic E-state index is 6.74. The molecule has 410 valence electrons. The van der Waals surface area contributed by atoms with Gasteiger partial charge >= 0.3 is 0 Å². The van der Waals surface area contributed by atoms with E-state index in [0.717, 1.165) is 83.4 Å². The molecule has 0 aliphatic heterocycles. The molecule has 18 aromatic rings. The van der Waals surface area contributed by atoms with Crippen molar-refractivity contribution in [2.45, 2.75) is 0 Å². The third-order valence-corrected chi connectivity index (χ3v) is 18.2. The van der Waals surface area contributed by atoms with Crippen molar-refractivity contribution in [3.8, 4) is 83.8 Å².